The molecular weight excluding hydrogens is 260 g/mol. The lowest BCUT2D eigenvalue weighted by molar-refractivity contribution is 0.220. The predicted molar refractivity (Wildman–Crippen MR) is 87.8 cm³/mol. The van der Waals surface area contributed by atoms with E-state index in [1.54, 1.807) is 0 Å². The van der Waals surface area contributed by atoms with Crippen LogP contribution in [0.3, 0.4) is 0 Å². The smallest absolute Gasteiger partial charge is 0.0471 e. The van der Waals surface area contributed by atoms with Gasteiger partial charge in [-0.25, -0.2) is 0 Å². The molecular formula is C18H28N2O. The first-order chi connectivity index (χ1) is 10.2. The summed E-state index contributed by atoms with van der Waals surface area (Å²) in [4.78, 5) is 5.02. The SMILES string of the molecule is Cc1cc(N2CCCC2)c(C)cc1CN1CC[C@H](CO)C1. The van der Waals surface area contributed by atoms with Gasteiger partial charge < -0.3 is 10.0 Å². The van der Waals surface area contributed by atoms with Gasteiger partial charge in [0.15, 0.2) is 0 Å². The van der Waals surface area contributed by atoms with Gasteiger partial charge in [-0.2, -0.15) is 0 Å². The number of aliphatic hydroxyl groups excluding tert-OH is 1. The van der Waals surface area contributed by atoms with Gasteiger partial charge in [-0.3, -0.25) is 4.90 Å². The number of aryl methyl sites for hydroxylation is 2. The van der Waals surface area contributed by atoms with Gasteiger partial charge in [0.2, 0.25) is 0 Å². The molecule has 1 atom stereocenters. The summed E-state index contributed by atoms with van der Waals surface area (Å²) in [6, 6.07) is 4.77. The van der Waals surface area contributed by atoms with Gasteiger partial charge in [0, 0.05) is 38.5 Å². The molecule has 0 radical (unpaired) electrons. The maximum Gasteiger partial charge on any atom is 0.0471 e. The van der Waals surface area contributed by atoms with Crippen LogP contribution in [-0.4, -0.2) is 42.8 Å². The minimum absolute atomic E-state index is 0.336. The summed E-state index contributed by atoms with van der Waals surface area (Å²) in [7, 11) is 0. The summed E-state index contributed by atoms with van der Waals surface area (Å²) in [5.74, 6) is 0.482. The third-order valence-electron chi connectivity index (χ3n) is 5.12. The average Bonchev–Trinajstić information content (AvgIpc) is 3.13. The van der Waals surface area contributed by atoms with E-state index in [9.17, 15) is 5.11 Å². The minimum atomic E-state index is 0.336. The van der Waals surface area contributed by atoms with Crippen molar-refractivity contribution in [1.82, 2.24) is 4.90 Å². The Kier molecular flexibility index (Phi) is 4.51. The number of benzene rings is 1. The van der Waals surface area contributed by atoms with E-state index in [1.165, 1.54) is 48.3 Å². The number of likely N-dealkylation sites (tertiary alicyclic amines) is 1. The number of anilines is 1. The van der Waals surface area contributed by atoms with Crippen molar-refractivity contribution in [1.29, 1.82) is 0 Å². The van der Waals surface area contributed by atoms with Gasteiger partial charge in [-0.15, -0.1) is 0 Å². The first-order valence-corrected chi connectivity index (χ1v) is 8.35. The molecule has 0 saturated carbocycles. The lowest BCUT2D eigenvalue weighted by atomic mass is 10.0. The number of hydrogen-bond acceptors (Lipinski definition) is 3. The third-order valence-corrected chi connectivity index (χ3v) is 5.12. The van der Waals surface area contributed by atoms with E-state index in [1.807, 2.05) is 0 Å². The van der Waals surface area contributed by atoms with Crippen LogP contribution in [0.4, 0.5) is 5.69 Å². The normalized spacial score (nSPS) is 23.2. The molecule has 2 heterocycles. The van der Waals surface area contributed by atoms with Crippen molar-refractivity contribution in [2.75, 3.05) is 37.7 Å². The predicted octanol–water partition coefficient (Wildman–Crippen LogP) is 2.72. The first kappa shape index (κ1) is 14.9. The molecule has 0 bridgehead atoms. The van der Waals surface area contributed by atoms with Gasteiger partial charge >= 0.3 is 0 Å². The van der Waals surface area contributed by atoms with E-state index in [4.69, 9.17) is 0 Å². The fraction of sp³-hybridized carbons (Fsp3) is 0.667. The number of aliphatic hydroxyl groups is 1. The van der Waals surface area contributed by atoms with Crippen LogP contribution in [0, 0.1) is 19.8 Å². The average molecular weight is 288 g/mol. The highest BCUT2D eigenvalue weighted by atomic mass is 16.3. The second-order valence-electron chi connectivity index (χ2n) is 6.83. The second kappa shape index (κ2) is 6.37. The Bertz CT molecular complexity index is 494. The van der Waals surface area contributed by atoms with Crippen LogP contribution in [0.2, 0.25) is 0 Å². The molecule has 0 spiro atoms. The molecule has 2 fully saturated rings. The number of hydrogen-bond donors (Lipinski definition) is 1. The van der Waals surface area contributed by atoms with Crippen LogP contribution >= 0.6 is 0 Å². The Balaban J connectivity index is 1.73. The minimum Gasteiger partial charge on any atom is -0.396 e. The Labute approximate surface area is 128 Å². The molecule has 3 heteroatoms. The summed E-state index contributed by atoms with van der Waals surface area (Å²) in [5, 5.41) is 9.27. The maximum atomic E-state index is 9.27. The van der Waals surface area contributed by atoms with E-state index in [2.05, 4.69) is 35.8 Å². The van der Waals surface area contributed by atoms with Gasteiger partial charge in [0.25, 0.3) is 0 Å². The zero-order valence-electron chi connectivity index (χ0n) is 13.4. The Hall–Kier alpha value is -1.06. The van der Waals surface area contributed by atoms with Crippen molar-refractivity contribution >= 4 is 5.69 Å². The van der Waals surface area contributed by atoms with Crippen LogP contribution in [0.15, 0.2) is 12.1 Å². The molecule has 0 amide bonds. The molecule has 2 aliphatic heterocycles. The molecule has 2 aliphatic rings. The lowest BCUT2D eigenvalue weighted by Crippen LogP contribution is -2.22. The number of rotatable bonds is 4. The molecule has 21 heavy (non-hydrogen) atoms. The van der Waals surface area contributed by atoms with Crippen molar-refractivity contribution < 1.29 is 5.11 Å². The fourth-order valence-electron chi connectivity index (χ4n) is 3.78. The molecule has 1 N–H and O–H groups in total. The highest BCUT2D eigenvalue weighted by molar-refractivity contribution is 5.57. The second-order valence-corrected chi connectivity index (χ2v) is 6.83. The summed E-state index contributed by atoms with van der Waals surface area (Å²) >= 11 is 0. The van der Waals surface area contributed by atoms with Crippen LogP contribution < -0.4 is 4.90 Å². The molecule has 116 valence electrons. The molecule has 1 aromatic rings. The van der Waals surface area contributed by atoms with E-state index >= 15 is 0 Å². The largest absolute Gasteiger partial charge is 0.396 e. The maximum absolute atomic E-state index is 9.27. The van der Waals surface area contributed by atoms with Crippen LogP contribution in [-0.2, 0) is 6.54 Å². The zero-order chi connectivity index (χ0) is 14.8. The van der Waals surface area contributed by atoms with Crippen molar-refractivity contribution in [3.8, 4) is 0 Å². The molecule has 3 rings (SSSR count). The van der Waals surface area contributed by atoms with Gasteiger partial charge in [0.1, 0.15) is 0 Å². The fourth-order valence-corrected chi connectivity index (χ4v) is 3.78. The van der Waals surface area contributed by atoms with Crippen LogP contribution in [0.5, 0.6) is 0 Å². The molecule has 0 unspecified atom stereocenters. The van der Waals surface area contributed by atoms with Crippen molar-refractivity contribution in [2.45, 2.75) is 39.7 Å². The van der Waals surface area contributed by atoms with Crippen LogP contribution in [0.1, 0.15) is 36.0 Å². The topological polar surface area (TPSA) is 26.7 Å². The van der Waals surface area contributed by atoms with E-state index in [0.29, 0.717) is 12.5 Å². The summed E-state index contributed by atoms with van der Waals surface area (Å²) < 4.78 is 0. The van der Waals surface area contributed by atoms with Crippen molar-refractivity contribution in [3.05, 3.63) is 28.8 Å². The Morgan fingerprint density at radius 2 is 1.86 bits per heavy atom. The highest BCUT2D eigenvalue weighted by Crippen LogP contribution is 2.29. The van der Waals surface area contributed by atoms with Crippen LogP contribution in [0.25, 0.3) is 0 Å². The Morgan fingerprint density at radius 1 is 1.10 bits per heavy atom. The summed E-state index contributed by atoms with van der Waals surface area (Å²) in [5.41, 5.74) is 5.71. The summed E-state index contributed by atoms with van der Waals surface area (Å²) in [6.45, 7) is 10.4. The molecule has 3 nitrogen and oxygen atoms in total. The third kappa shape index (κ3) is 3.24. The monoisotopic (exact) mass is 288 g/mol. The standard InChI is InChI=1S/C18H28N2O/c1-14-10-18(20-6-3-4-7-20)15(2)9-17(14)12-19-8-5-16(11-19)13-21/h9-10,16,21H,3-8,11-13H2,1-2H3/t16-/m0/s1. The van der Waals surface area contributed by atoms with Gasteiger partial charge in [-0.1, -0.05) is 6.07 Å². The van der Waals surface area contributed by atoms with Gasteiger partial charge in [0.05, 0.1) is 0 Å². The number of nitrogens with zero attached hydrogens (tertiary/aromatic N) is 2. The van der Waals surface area contributed by atoms with E-state index in [0.717, 1.165) is 26.1 Å². The highest BCUT2D eigenvalue weighted by Gasteiger charge is 2.22. The van der Waals surface area contributed by atoms with E-state index < -0.39 is 0 Å². The lowest BCUT2D eigenvalue weighted by Gasteiger charge is -2.23. The molecule has 2 saturated heterocycles. The molecule has 0 aromatic heterocycles. The van der Waals surface area contributed by atoms with Crippen molar-refractivity contribution in [3.63, 3.8) is 0 Å². The quantitative estimate of drug-likeness (QED) is 0.923. The van der Waals surface area contributed by atoms with E-state index in [-0.39, 0.29) is 0 Å². The van der Waals surface area contributed by atoms with Crippen molar-refractivity contribution in [2.24, 2.45) is 5.92 Å². The Morgan fingerprint density at radius 3 is 2.52 bits per heavy atom. The zero-order valence-corrected chi connectivity index (χ0v) is 13.4. The first-order valence-electron chi connectivity index (χ1n) is 8.35. The molecule has 0 aliphatic carbocycles. The summed E-state index contributed by atoms with van der Waals surface area (Å²) in [6.07, 6.45) is 3.80. The van der Waals surface area contributed by atoms with Gasteiger partial charge in [-0.05, 0) is 68.3 Å². The molecule has 1 aromatic carbocycles.